The highest BCUT2D eigenvalue weighted by molar-refractivity contribution is 7.01. The van der Waals surface area contributed by atoms with Crippen molar-refractivity contribution in [1.82, 2.24) is 0 Å². The Balaban J connectivity index is 1.32. The molecule has 0 amide bonds. The second-order valence-corrected chi connectivity index (χ2v) is 18.4. The second-order valence-electron chi connectivity index (χ2n) is 18.4. The van der Waals surface area contributed by atoms with Gasteiger partial charge in [-0.3, -0.25) is 4.90 Å². The summed E-state index contributed by atoms with van der Waals surface area (Å²) in [5, 5.41) is 1.13. The maximum absolute atomic E-state index is 7.18. The van der Waals surface area contributed by atoms with Crippen LogP contribution in [-0.4, -0.2) is 33.1 Å². The molecule has 4 aliphatic heterocycles. The van der Waals surface area contributed by atoms with Gasteiger partial charge in [-0.2, -0.15) is 0 Å². The number of aryl methyl sites for hydroxylation is 3. The van der Waals surface area contributed by atoms with Crippen LogP contribution in [0, 0.1) is 20.8 Å². The van der Waals surface area contributed by atoms with Crippen molar-refractivity contribution >= 4 is 68.4 Å². The molecule has 290 valence electrons. The number of hydrogen-bond acceptors (Lipinski definition) is 7. The van der Waals surface area contributed by atoms with Crippen LogP contribution >= 0.6 is 0 Å². The molecule has 0 N–H and O–H groups in total. The molecule has 0 spiro atoms. The number of hydrogen-bond donors (Lipinski definition) is 0. The van der Waals surface area contributed by atoms with E-state index >= 15 is 0 Å². The van der Waals surface area contributed by atoms with E-state index in [-0.39, 0.29) is 17.5 Å². The third kappa shape index (κ3) is 5.69. The van der Waals surface area contributed by atoms with E-state index in [1.54, 1.807) is 0 Å². The number of fused-ring (bicyclic) bond motifs is 8. The molecule has 0 radical (unpaired) electrons. The Morgan fingerprint density at radius 2 is 1.14 bits per heavy atom. The van der Waals surface area contributed by atoms with Crippen LogP contribution in [-0.2, 0) is 10.8 Å². The Morgan fingerprint density at radius 3 is 1.79 bits per heavy atom. The predicted octanol–water partition coefficient (Wildman–Crippen LogP) is 10.4. The van der Waals surface area contributed by atoms with Crippen LogP contribution in [0.2, 0.25) is 0 Å². The summed E-state index contributed by atoms with van der Waals surface area (Å²) in [4.78, 5) is 4.82. The average molecular weight is 759 g/mol. The van der Waals surface area contributed by atoms with E-state index in [1.165, 1.54) is 33.2 Å². The molecular weight excluding hydrogens is 707 g/mol. The molecule has 7 nitrogen and oxygen atoms in total. The zero-order valence-corrected chi connectivity index (χ0v) is 34.7. The minimum absolute atomic E-state index is 0.00802. The van der Waals surface area contributed by atoms with E-state index in [0.29, 0.717) is 26.4 Å². The summed E-state index contributed by atoms with van der Waals surface area (Å²) in [6.45, 7) is 22.7. The van der Waals surface area contributed by atoms with Gasteiger partial charge in [-0.1, -0.05) is 59.7 Å². The summed E-state index contributed by atoms with van der Waals surface area (Å²) in [7, 11) is 0. The van der Waals surface area contributed by atoms with Crippen molar-refractivity contribution in [3.8, 4) is 23.0 Å². The quantitative estimate of drug-likeness (QED) is 0.163. The first-order valence-corrected chi connectivity index (χ1v) is 20.5. The van der Waals surface area contributed by atoms with Gasteiger partial charge in [-0.05, 0) is 113 Å². The zero-order valence-electron chi connectivity index (χ0n) is 34.7. The highest BCUT2D eigenvalue weighted by Gasteiger charge is 2.47. The molecule has 0 saturated carbocycles. The maximum atomic E-state index is 7.18. The standard InChI is InChI=1S/C49H51BN2O5/c1-28-20-37-45-38(21-28)52(46-29(2)22-32(23-30(46)3)49(7,8)9)47-44(34-24-31(48(4,5)6)12-14-39(34)57-47)50(45)35-26-42-43(56-19-11-18-55-42)27-36(35)51(37)33-13-15-40-41(25-33)54-17-10-16-53-40/h12-15,20-27H,10-11,16-19H2,1-9H3. The van der Waals surface area contributed by atoms with Crippen molar-refractivity contribution < 1.29 is 23.4 Å². The van der Waals surface area contributed by atoms with E-state index in [9.17, 15) is 0 Å². The molecule has 10 rings (SSSR count). The largest absolute Gasteiger partial charge is 0.490 e. The van der Waals surface area contributed by atoms with Crippen LogP contribution in [0.3, 0.4) is 0 Å². The van der Waals surface area contributed by atoms with Crippen LogP contribution in [0.15, 0.2) is 77.2 Å². The number of furan rings is 1. The summed E-state index contributed by atoms with van der Waals surface area (Å²) in [6, 6.07) is 27.0. The molecule has 4 aliphatic rings. The van der Waals surface area contributed by atoms with E-state index in [4.69, 9.17) is 23.4 Å². The van der Waals surface area contributed by atoms with Gasteiger partial charge in [0.15, 0.2) is 23.0 Å². The number of ether oxygens (including phenoxy) is 4. The highest BCUT2D eigenvalue weighted by atomic mass is 16.5. The number of nitrogens with zero attached hydrogens (tertiary/aromatic N) is 2. The molecule has 5 heterocycles. The molecule has 57 heavy (non-hydrogen) atoms. The highest BCUT2D eigenvalue weighted by Crippen LogP contribution is 2.50. The average Bonchev–Trinajstić information content (AvgIpc) is 3.27. The Hall–Kier alpha value is -5.50. The first-order chi connectivity index (χ1) is 27.3. The third-order valence-electron chi connectivity index (χ3n) is 12.1. The number of benzene rings is 5. The van der Waals surface area contributed by atoms with Gasteiger partial charge in [0.25, 0.3) is 6.71 Å². The van der Waals surface area contributed by atoms with Crippen LogP contribution in [0.1, 0.15) is 82.2 Å². The lowest BCUT2D eigenvalue weighted by molar-refractivity contribution is 0.296. The van der Waals surface area contributed by atoms with E-state index in [2.05, 4.69) is 145 Å². The SMILES string of the molecule is Cc1cc2c3c(c1)N(c1c(C)cc(C(C)(C)C)cc1C)c1oc4ccc(C(C)(C)C)cc4c1B3c1cc3c(cc1N2c1ccc2c(c1)OCCCO2)OCCCO3. The summed E-state index contributed by atoms with van der Waals surface area (Å²) >= 11 is 0. The normalized spacial score (nSPS) is 15.8. The minimum atomic E-state index is -0.156. The Kier molecular flexibility index (Phi) is 8.03. The van der Waals surface area contributed by atoms with Crippen molar-refractivity contribution in [2.24, 2.45) is 0 Å². The van der Waals surface area contributed by atoms with Crippen molar-refractivity contribution in [3.05, 3.63) is 101 Å². The van der Waals surface area contributed by atoms with Gasteiger partial charge in [-0.15, -0.1) is 0 Å². The van der Waals surface area contributed by atoms with Gasteiger partial charge >= 0.3 is 0 Å². The lowest BCUT2D eigenvalue weighted by Crippen LogP contribution is -2.61. The fraction of sp³-hybridized carbons (Fsp3) is 0.347. The van der Waals surface area contributed by atoms with E-state index < -0.39 is 0 Å². The molecule has 0 atom stereocenters. The molecule has 0 aliphatic carbocycles. The molecule has 8 heteroatoms. The third-order valence-corrected chi connectivity index (χ3v) is 12.1. The predicted molar refractivity (Wildman–Crippen MR) is 233 cm³/mol. The van der Waals surface area contributed by atoms with Crippen molar-refractivity contribution in [2.75, 3.05) is 36.2 Å². The zero-order chi connectivity index (χ0) is 39.5. The van der Waals surface area contributed by atoms with Crippen LogP contribution < -0.4 is 45.1 Å². The summed E-state index contributed by atoms with van der Waals surface area (Å²) in [6.07, 6.45) is 1.67. The van der Waals surface area contributed by atoms with Crippen LogP contribution in [0.25, 0.3) is 11.0 Å². The molecule has 0 bridgehead atoms. The topological polar surface area (TPSA) is 56.5 Å². The fourth-order valence-corrected chi connectivity index (χ4v) is 9.31. The van der Waals surface area contributed by atoms with Gasteiger partial charge in [0.1, 0.15) is 5.58 Å². The summed E-state index contributed by atoms with van der Waals surface area (Å²) < 4.78 is 32.5. The van der Waals surface area contributed by atoms with Gasteiger partial charge in [-0.25, -0.2) is 0 Å². The van der Waals surface area contributed by atoms with Crippen molar-refractivity contribution in [2.45, 2.75) is 86.0 Å². The van der Waals surface area contributed by atoms with E-state index in [0.717, 1.165) is 92.2 Å². The minimum Gasteiger partial charge on any atom is -0.490 e. The first-order valence-electron chi connectivity index (χ1n) is 20.5. The smallest absolute Gasteiger partial charge is 0.257 e. The summed E-state index contributed by atoms with van der Waals surface area (Å²) in [5.74, 6) is 3.93. The van der Waals surface area contributed by atoms with E-state index in [1.807, 2.05) is 0 Å². The number of anilines is 6. The monoisotopic (exact) mass is 758 g/mol. The molecule has 0 fully saturated rings. The Bertz CT molecular complexity index is 2610. The summed E-state index contributed by atoms with van der Waals surface area (Å²) in [5.41, 5.74) is 16.0. The van der Waals surface area contributed by atoms with Gasteiger partial charge in [0.2, 0.25) is 5.88 Å². The van der Waals surface area contributed by atoms with Crippen molar-refractivity contribution in [1.29, 1.82) is 0 Å². The van der Waals surface area contributed by atoms with Crippen LogP contribution in [0.5, 0.6) is 23.0 Å². The van der Waals surface area contributed by atoms with Crippen LogP contribution in [0.4, 0.5) is 34.3 Å². The lowest BCUT2D eigenvalue weighted by atomic mass is 9.33. The molecule has 1 aromatic heterocycles. The molecule has 0 saturated heterocycles. The fourth-order valence-electron chi connectivity index (χ4n) is 9.31. The second kappa shape index (κ2) is 12.8. The number of rotatable bonds is 2. The lowest BCUT2D eigenvalue weighted by Gasteiger charge is -2.43. The van der Waals surface area contributed by atoms with Gasteiger partial charge < -0.3 is 28.3 Å². The molecule has 6 aromatic rings. The molecular formula is C49H51BN2O5. The van der Waals surface area contributed by atoms with Crippen molar-refractivity contribution in [3.63, 3.8) is 0 Å². The Morgan fingerprint density at radius 1 is 0.544 bits per heavy atom. The maximum Gasteiger partial charge on any atom is 0.257 e. The molecule has 0 unspecified atom stereocenters. The van der Waals surface area contributed by atoms with Gasteiger partial charge in [0, 0.05) is 52.9 Å². The first kappa shape index (κ1) is 35.9. The molecule has 5 aromatic carbocycles. The Labute approximate surface area is 336 Å². The van der Waals surface area contributed by atoms with Gasteiger partial charge in [0.05, 0.1) is 37.8 Å².